The molecule has 0 radical (unpaired) electrons. The van der Waals surface area contributed by atoms with Crippen molar-refractivity contribution in [2.24, 2.45) is 0 Å². The Morgan fingerprint density at radius 1 is 1.25 bits per heavy atom. The first-order valence-corrected chi connectivity index (χ1v) is 4.95. The average Bonchev–Trinajstić information content (AvgIpc) is 2.29. The average molecular weight is 226 g/mol. The van der Waals surface area contributed by atoms with E-state index in [2.05, 4.69) is 0 Å². The van der Waals surface area contributed by atoms with Crippen molar-refractivity contribution in [3.63, 3.8) is 0 Å². The lowest BCUT2D eigenvalue weighted by Gasteiger charge is -2.06. The fourth-order valence-electron chi connectivity index (χ4n) is 0.943. The lowest BCUT2D eigenvalue weighted by Crippen LogP contribution is -1.90. The number of aliphatic carboxylic acids is 1. The molecule has 0 aliphatic heterocycles. The highest BCUT2D eigenvalue weighted by Gasteiger charge is 2.00. The van der Waals surface area contributed by atoms with Crippen molar-refractivity contribution in [2.45, 2.75) is 20.3 Å². The topological polar surface area (TPSA) is 55.8 Å². The standard InChI is InChI=1S/C9H12O2.C3H6O2/c1-7-4-5-8(10-2)9(6-7)11-3;1-2-3(4)5/h4-6H,1-3H3;2H2,1H3,(H,4,5). The van der Waals surface area contributed by atoms with Gasteiger partial charge in [-0.05, 0) is 24.6 Å². The Morgan fingerprint density at radius 3 is 2.12 bits per heavy atom. The SMILES string of the molecule is CCC(=O)O.COc1ccc(C)cc1OC. The quantitative estimate of drug-likeness (QED) is 0.860. The van der Waals surface area contributed by atoms with Crippen molar-refractivity contribution in [3.8, 4) is 11.5 Å². The molecule has 16 heavy (non-hydrogen) atoms. The first kappa shape index (κ1) is 14.3. The lowest BCUT2D eigenvalue weighted by molar-refractivity contribution is -0.136. The van der Waals surface area contributed by atoms with E-state index < -0.39 is 5.97 Å². The Morgan fingerprint density at radius 2 is 1.75 bits per heavy atom. The highest BCUT2D eigenvalue weighted by Crippen LogP contribution is 2.26. The van der Waals surface area contributed by atoms with Gasteiger partial charge in [-0.25, -0.2) is 0 Å². The van der Waals surface area contributed by atoms with Crippen LogP contribution in [-0.4, -0.2) is 25.3 Å². The summed E-state index contributed by atoms with van der Waals surface area (Å²) in [5, 5.41) is 7.72. The second-order valence-corrected chi connectivity index (χ2v) is 3.11. The summed E-state index contributed by atoms with van der Waals surface area (Å²) < 4.78 is 10.2. The molecule has 4 heteroatoms. The number of carboxylic acids is 1. The number of rotatable bonds is 3. The van der Waals surface area contributed by atoms with Crippen molar-refractivity contribution in [1.29, 1.82) is 0 Å². The van der Waals surface area contributed by atoms with E-state index in [-0.39, 0.29) is 6.42 Å². The third-order valence-corrected chi connectivity index (χ3v) is 1.84. The van der Waals surface area contributed by atoms with Gasteiger partial charge in [0.05, 0.1) is 14.2 Å². The van der Waals surface area contributed by atoms with Gasteiger partial charge in [0.1, 0.15) is 0 Å². The van der Waals surface area contributed by atoms with E-state index in [0.29, 0.717) is 0 Å². The minimum absolute atomic E-state index is 0.222. The Kier molecular flexibility index (Phi) is 6.76. The lowest BCUT2D eigenvalue weighted by atomic mass is 10.2. The number of benzene rings is 1. The molecular formula is C12H18O4. The highest BCUT2D eigenvalue weighted by molar-refractivity contribution is 5.66. The minimum atomic E-state index is -0.745. The molecule has 0 saturated heterocycles. The Labute approximate surface area is 95.8 Å². The van der Waals surface area contributed by atoms with Crippen LogP contribution in [0.4, 0.5) is 0 Å². The van der Waals surface area contributed by atoms with Crippen LogP contribution in [0.2, 0.25) is 0 Å². The molecule has 0 aliphatic rings. The maximum Gasteiger partial charge on any atom is 0.303 e. The smallest absolute Gasteiger partial charge is 0.303 e. The predicted molar refractivity (Wildman–Crippen MR) is 62.2 cm³/mol. The summed E-state index contributed by atoms with van der Waals surface area (Å²) in [7, 11) is 3.27. The summed E-state index contributed by atoms with van der Waals surface area (Å²) in [6.45, 7) is 3.62. The van der Waals surface area contributed by atoms with Crippen molar-refractivity contribution >= 4 is 5.97 Å². The van der Waals surface area contributed by atoms with Crippen LogP contribution in [0.1, 0.15) is 18.9 Å². The number of carboxylic acid groups (broad SMARTS) is 1. The van der Waals surface area contributed by atoms with Gasteiger partial charge in [-0.1, -0.05) is 13.0 Å². The van der Waals surface area contributed by atoms with Crippen molar-refractivity contribution < 1.29 is 19.4 Å². The predicted octanol–water partition coefficient (Wildman–Crippen LogP) is 2.49. The number of ether oxygens (including phenoxy) is 2. The van der Waals surface area contributed by atoms with Crippen molar-refractivity contribution in [3.05, 3.63) is 23.8 Å². The first-order chi connectivity index (χ1) is 7.54. The molecule has 0 aliphatic carbocycles. The summed E-state index contributed by atoms with van der Waals surface area (Å²) in [5.41, 5.74) is 1.17. The van der Waals surface area contributed by atoms with Crippen LogP contribution in [0.25, 0.3) is 0 Å². The molecule has 0 spiro atoms. The Hall–Kier alpha value is -1.71. The third-order valence-electron chi connectivity index (χ3n) is 1.84. The zero-order chi connectivity index (χ0) is 12.6. The van der Waals surface area contributed by atoms with Gasteiger partial charge in [-0.3, -0.25) is 4.79 Å². The molecular weight excluding hydrogens is 208 g/mol. The van der Waals surface area contributed by atoms with Crippen molar-refractivity contribution in [2.75, 3.05) is 14.2 Å². The van der Waals surface area contributed by atoms with Crippen LogP contribution >= 0.6 is 0 Å². The molecule has 0 unspecified atom stereocenters. The molecule has 0 atom stereocenters. The molecule has 1 aromatic carbocycles. The highest BCUT2D eigenvalue weighted by atomic mass is 16.5. The van der Waals surface area contributed by atoms with Gasteiger partial charge in [-0.2, -0.15) is 0 Å². The Bertz CT molecular complexity index is 334. The monoisotopic (exact) mass is 226 g/mol. The molecule has 1 N–H and O–H groups in total. The fourth-order valence-corrected chi connectivity index (χ4v) is 0.943. The zero-order valence-electron chi connectivity index (χ0n) is 10.1. The molecule has 1 rings (SSSR count). The van der Waals surface area contributed by atoms with E-state index in [1.807, 2.05) is 25.1 Å². The number of hydrogen-bond donors (Lipinski definition) is 1. The number of aryl methyl sites for hydroxylation is 1. The van der Waals surface area contributed by atoms with Crippen molar-refractivity contribution in [1.82, 2.24) is 0 Å². The first-order valence-electron chi connectivity index (χ1n) is 4.95. The van der Waals surface area contributed by atoms with E-state index in [4.69, 9.17) is 14.6 Å². The van der Waals surface area contributed by atoms with Crippen LogP contribution in [-0.2, 0) is 4.79 Å². The number of methoxy groups -OCH3 is 2. The van der Waals surface area contributed by atoms with Gasteiger partial charge >= 0.3 is 5.97 Å². The van der Waals surface area contributed by atoms with E-state index in [1.54, 1.807) is 21.1 Å². The van der Waals surface area contributed by atoms with Crippen LogP contribution in [0.15, 0.2) is 18.2 Å². The van der Waals surface area contributed by atoms with Crippen LogP contribution in [0, 0.1) is 6.92 Å². The van der Waals surface area contributed by atoms with Crippen LogP contribution < -0.4 is 9.47 Å². The third kappa shape index (κ3) is 5.24. The van der Waals surface area contributed by atoms with Gasteiger partial charge in [-0.15, -0.1) is 0 Å². The summed E-state index contributed by atoms with van der Waals surface area (Å²) in [4.78, 5) is 9.37. The van der Waals surface area contributed by atoms with Gasteiger partial charge in [0.2, 0.25) is 0 Å². The molecule has 0 heterocycles. The van der Waals surface area contributed by atoms with Gasteiger partial charge in [0, 0.05) is 6.42 Å². The van der Waals surface area contributed by atoms with E-state index in [0.717, 1.165) is 11.5 Å². The van der Waals surface area contributed by atoms with Gasteiger partial charge < -0.3 is 14.6 Å². The molecule has 4 nitrogen and oxygen atoms in total. The second kappa shape index (κ2) is 7.56. The van der Waals surface area contributed by atoms with Gasteiger partial charge in [0.15, 0.2) is 11.5 Å². The normalized spacial score (nSPS) is 8.75. The molecule has 0 saturated carbocycles. The largest absolute Gasteiger partial charge is 0.493 e. The maximum absolute atomic E-state index is 9.37. The Balaban J connectivity index is 0.000000385. The van der Waals surface area contributed by atoms with E-state index >= 15 is 0 Å². The van der Waals surface area contributed by atoms with Crippen LogP contribution in [0.5, 0.6) is 11.5 Å². The second-order valence-electron chi connectivity index (χ2n) is 3.11. The molecule has 0 fully saturated rings. The minimum Gasteiger partial charge on any atom is -0.493 e. The summed E-state index contributed by atoms with van der Waals surface area (Å²) in [6.07, 6.45) is 0.222. The maximum atomic E-state index is 9.37. The molecule has 0 amide bonds. The van der Waals surface area contributed by atoms with Crippen LogP contribution in [0.3, 0.4) is 0 Å². The summed E-state index contributed by atoms with van der Waals surface area (Å²) >= 11 is 0. The zero-order valence-corrected chi connectivity index (χ0v) is 10.1. The number of carbonyl (C=O) groups is 1. The molecule has 0 aromatic heterocycles. The molecule has 1 aromatic rings. The number of hydrogen-bond acceptors (Lipinski definition) is 3. The summed E-state index contributed by atoms with van der Waals surface area (Å²) in [5.74, 6) is 0.815. The molecule has 90 valence electrons. The fraction of sp³-hybridized carbons (Fsp3) is 0.417. The summed E-state index contributed by atoms with van der Waals surface area (Å²) in [6, 6.07) is 5.83. The molecule has 0 bridgehead atoms. The van der Waals surface area contributed by atoms with E-state index in [9.17, 15) is 4.79 Å². The van der Waals surface area contributed by atoms with E-state index in [1.165, 1.54) is 5.56 Å². The van der Waals surface area contributed by atoms with Gasteiger partial charge in [0.25, 0.3) is 0 Å².